The number of rotatable bonds is 8. The molecule has 1 N–H and O–H groups in total. The highest BCUT2D eigenvalue weighted by Gasteiger charge is 2.30. The molecular formula is C24H19BrClF3N2O3. The van der Waals surface area contributed by atoms with Crippen molar-refractivity contribution in [2.24, 2.45) is 5.10 Å². The Bertz CT molecular complexity index is 1190. The first kappa shape index (κ1) is 25.6. The molecule has 0 saturated carbocycles. The van der Waals surface area contributed by atoms with E-state index in [4.69, 9.17) is 21.1 Å². The van der Waals surface area contributed by atoms with Gasteiger partial charge in [0, 0.05) is 10.0 Å². The first-order valence-electron chi connectivity index (χ1n) is 10.0. The summed E-state index contributed by atoms with van der Waals surface area (Å²) in [5, 5.41) is 4.09. The van der Waals surface area contributed by atoms with E-state index in [-0.39, 0.29) is 17.2 Å². The number of benzene rings is 3. The predicted molar refractivity (Wildman–Crippen MR) is 128 cm³/mol. The number of alkyl halides is 3. The van der Waals surface area contributed by atoms with Crippen LogP contribution in [-0.4, -0.2) is 18.7 Å². The minimum atomic E-state index is -4.55. The Morgan fingerprint density at radius 1 is 1.12 bits per heavy atom. The highest BCUT2D eigenvalue weighted by atomic mass is 79.9. The fourth-order valence-electron chi connectivity index (χ4n) is 2.87. The number of carbonyl (C=O) groups excluding carboxylic acids is 1. The molecule has 1 amide bonds. The van der Waals surface area contributed by atoms with Crippen LogP contribution in [0, 0.1) is 0 Å². The second kappa shape index (κ2) is 11.4. The second-order valence-electron chi connectivity index (χ2n) is 6.96. The summed E-state index contributed by atoms with van der Waals surface area (Å²) in [4.78, 5) is 12.2. The summed E-state index contributed by atoms with van der Waals surface area (Å²) < 4.78 is 51.0. The Morgan fingerprint density at radius 2 is 1.85 bits per heavy atom. The lowest BCUT2D eigenvalue weighted by Crippen LogP contribution is -2.18. The molecule has 0 heterocycles. The number of nitrogens with zero attached hydrogens (tertiary/aromatic N) is 1. The van der Waals surface area contributed by atoms with Crippen LogP contribution >= 0.6 is 27.5 Å². The Labute approximate surface area is 207 Å². The van der Waals surface area contributed by atoms with Gasteiger partial charge in [-0.15, -0.1) is 0 Å². The van der Waals surface area contributed by atoms with Crippen molar-refractivity contribution in [1.82, 2.24) is 5.43 Å². The van der Waals surface area contributed by atoms with Crippen LogP contribution in [0.1, 0.15) is 34.0 Å². The Kier molecular flexibility index (Phi) is 8.57. The van der Waals surface area contributed by atoms with Crippen molar-refractivity contribution in [3.05, 3.63) is 92.4 Å². The Balaban J connectivity index is 1.72. The lowest BCUT2D eigenvalue weighted by Gasteiger charge is -2.14. The molecule has 0 bridgehead atoms. The van der Waals surface area contributed by atoms with Crippen LogP contribution in [0.4, 0.5) is 13.2 Å². The van der Waals surface area contributed by atoms with Crippen molar-refractivity contribution in [1.29, 1.82) is 0 Å². The first-order valence-corrected chi connectivity index (χ1v) is 11.2. The van der Waals surface area contributed by atoms with Crippen molar-refractivity contribution < 1.29 is 27.4 Å². The lowest BCUT2D eigenvalue weighted by atomic mass is 10.1. The summed E-state index contributed by atoms with van der Waals surface area (Å²) in [5.41, 5.74) is 2.55. The average Bonchev–Trinajstić information content (AvgIpc) is 2.79. The van der Waals surface area contributed by atoms with Crippen LogP contribution in [0.3, 0.4) is 0 Å². The number of hydrogen-bond donors (Lipinski definition) is 1. The molecular weight excluding hydrogens is 537 g/mol. The molecule has 34 heavy (non-hydrogen) atoms. The van der Waals surface area contributed by atoms with Gasteiger partial charge in [0.05, 0.1) is 23.4 Å². The third kappa shape index (κ3) is 6.98. The van der Waals surface area contributed by atoms with Crippen LogP contribution in [0.25, 0.3) is 0 Å². The zero-order valence-corrected chi connectivity index (χ0v) is 20.2. The van der Waals surface area contributed by atoms with Gasteiger partial charge in [-0.05, 0) is 60.5 Å². The largest absolute Gasteiger partial charge is 0.490 e. The van der Waals surface area contributed by atoms with E-state index in [2.05, 4.69) is 26.5 Å². The molecule has 178 valence electrons. The molecule has 3 aromatic rings. The van der Waals surface area contributed by atoms with E-state index in [0.717, 1.165) is 28.2 Å². The van der Waals surface area contributed by atoms with E-state index in [1.807, 2.05) is 31.2 Å². The minimum absolute atomic E-state index is 0.170. The van der Waals surface area contributed by atoms with Crippen molar-refractivity contribution in [3.63, 3.8) is 0 Å². The molecule has 5 nitrogen and oxygen atoms in total. The third-order valence-corrected chi connectivity index (χ3v) is 5.27. The second-order valence-corrected chi connectivity index (χ2v) is 8.28. The van der Waals surface area contributed by atoms with E-state index in [1.54, 1.807) is 12.1 Å². The quantitative estimate of drug-likeness (QED) is 0.244. The number of carbonyl (C=O) groups is 1. The summed E-state index contributed by atoms with van der Waals surface area (Å²) in [6, 6.07) is 14.9. The predicted octanol–water partition coefficient (Wildman–Crippen LogP) is 6.86. The zero-order chi connectivity index (χ0) is 24.7. The number of amides is 1. The standard InChI is InChI=1S/C24H19BrClF3N2O3/c1-2-33-21-11-16(10-20(26)22(21)34-14-15-6-8-19(25)9-7-15)13-30-31-23(32)17-4-3-5-18(12-17)24(27,28)29/h3-13H,2,14H2,1H3,(H,31,32)/b30-13-. The Hall–Kier alpha value is -3.04. The lowest BCUT2D eigenvalue weighted by molar-refractivity contribution is -0.137. The number of hydrogen-bond acceptors (Lipinski definition) is 4. The summed E-state index contributed by atoms with van der Waals surface area (Å²) in [5.74, 6) is -0.0396. The van der Waals surface area contributed by atoms with Crippen molar-refractivity contribution in [2.75, 3.05) is 6.61 Å². The normalized spacial score (nSPS) is 11.5. The minimum Gasteiger partial charge on any atom is -0.490 e. The van der Waals surface area contributed by atoms with E-state index >= 15 is 0 Å². The Morgan fingerprint density at radius 3 is 2.53 bits per heavy atom. The van der Waals surface area contributed by atoms with Crippen LogP contribution in [-0.2, 0) is 12.8 Å². The van der Waals surface area contributed by atoms with Gasteiger partial charge in [0.2, 0.25) is 0 Å². The molecule has 0 fully saturated rings. The molecule has 0 atom stereocenters. The SMILES string of the molecule is CCOc1cc(/C=N\NC(=O)c2cccc(C(F)(F)F)c2)cc(Cl)c1OCc1ccc(Br)cc1. The van der Waals surface area contributed by atoms with Gasteiger partial charge in [-0.3, -0.25) is 4.79 Å². The van der Waals surface area contributed by atoms with Gasteiger partial charge in [-0.25, -0.2) is 5.43 Å². The van der Waals surface area contributed by atoms with Gasteiger partial charge in [-0.1, -0.05) is 45.7 Å². The molecule has 3 aromatic carbocycles. The summed E-state index contributed by atoms with van der Waals surface area (Å²) in [6.07, 6.45) is -3.24. The molecule has 0 aromatic heterocycles. The van der Waals surface area contributed by atoms with Gasteiger partial charge in [-0.2, -0.15) is 18.3 Å². The molecule has 10 heteroatoms. The molecule has 0 unspecified atom stereocenters. The van der Waals surface area contributed by atoms with Gasteiger partial charge in [0.1, 0.15) is 6.61 Å². The molecule has 0 aliphatic heterocycles. The van der Waals surface area contributed by atoms with Crippen molar-refractivity contribution >= 4 is 39.7 Å². The van der Waals surface area contributed by atoms with Crippen LogP contribution in [0.2, 0.25) is 5.02 Å². The summed E-state index contributed by atoms with van der Waals surface area (Å²) in [7, 11) is 0. The van der Waals surface area contributed by atoms with Crippen LogP contribution < -0.4 is 14.9 Å². The van der Waals surface area contributed by atoms with Crippen LogP contribution in [0.5, 0.6) is 11.5 Å². The number of ether oxygens (including phenoxy) is 2. The summed E-state index contributed by atoms with van der Waals surface area (Å²) >= 11 is 9.77. The monoisotopic (exact) mass is 554 g/mol. The van der Waals surface area contributed by atoms with Gasteiger partial charge >= 0.3 is 6.18 Å². The summed E-state index contributed by atoms with van der Waals surface area (Å²) in [6.45, 7) is 2.44. The third-order valence-electron chi connectivity index (χ3n) is 4.46. The first-order chi connectivity index (χ1) is 16.2. The van der Waals surface area contributed by atoms with Crippen molar-refractivity contribution in [2.45, 2.75) is 19.7 Å². The van der Waals surface area contributed by atoms with E-state index in [9.17, 15) is 18.0 Å². The molecule has 0 spiro atoms. The molecule has 0 aliphatic carbocycles. The van der Waals surface area contributed by atoms with E-state index < -0.39 is 17.6 Å². The molecule has 3 rings (SSSR count). The topological polar surface area (TPSA) is 59.9 Å². The van der Waals surface area contributed by atoms with Crippen LogP contribution in [0.15, 0.2) is 70.2 Å². The average molecular weight is 556 g/mol. The van der Waals surface area contributed by atoms with Gasteiger partial charge < -0.3 is 9.47 Å². The highest BCUT2D eigenvalue weighted by molar-refractivity contribution is 9.10. The molecule has 0 aliphatic rings. The maximum absolute atomic E-state index is 12.8. The fourth-order valence-corrected chi connectivity index (χ4v) is 3.41. The molecule has 0 radical (unpaired) electrons. The number of halogens is 5. The number of nitrogens with one attached hydrogen (secondary N) is 1. The fraction of sp³-hybridized carbons (Fsp3) is 0.167. The maximum Gasteiger partial charge on any atom is 0.416 e. The zero-order valence-electron chi connectivity index (χ0n) is 17.8. The van der Waals surface area contributed by atoms with E-state index in [1.165, 1.54) is 12.3 Å². The highest BCUT2D eigenvalue weighted by Crippen LogP contribution is 2.37. The number of hydrazone groups is 1. The van der Waals surface area contributed by atoms with Crippen molar-refractivity contribution in [3.8, 4) is 11.5 Å². The smallest absolute Gasteiger partial charge is 0.416 e. The molecule has 0 saturated heterocycles. The van der Waals surface area contributed by atoms with Gasteiger partial charge in [0.25, 0.3) is 5.91 Å². The van der Waals surface area contributed by atoms with Gasteiger partial charge in [0.15, 0.2) is 11.5 Å². The maximum atomic E-state index is 12.8. The van der Waals surface area contributed by atoms with E-state index in [0.29, 0.717) is 23.7 Å².